The Morgan fingerprint density at radius 3 is 2.93 bits per heavy atom. The molecular weight excluding hydrogens is 194 g/mol. The maximum absolute atomic E-state index is 11.2. The predicted octanol–water partition coefficient (Wildman–Crippen LogP) is 0.240. The minimum absolute atomic E-state index is 0.0683. The molecule has 0 saturated heterocycles. The molecule has 0 atom stereocenters. The second-order valence-corrected chi connectivity index (χ2v) is 4.18. The van der Waals surface area contributed by atoms with Crippen LogP contribution in [0.15, 0.2) is 6.07 Å². The number of aryl methyl sites for hydroxylation is 1. The third-order valence-corrected chi connectivity index (χ3v) is 2.80. The molecule has 1 saturated carbocycles. The largest absolute Gasteiger partial charge is 0.464 e. The van der Waals surface area contributed by atoms with Gasteiger partial charge in [-0.25, -0.2) is 4.79 Å². The Hall–Kier alpha value is -1.36. The average molecular weight is 209 g/mol. The number of nitrogens with two attached hydrogens (primary N) is 1. The van der Waals surface area contributed by atoms with Crippen LogP contribution in [0.3, 0.4) is 0 Å². The van der Waals surface area contributed by atoms with E-state index in [9.17, 15) is 4.79 Å². The van der Waals surface area contributed by atoms with Crippen LogP contribution < -0.4 is 5.73 Å². The highest BCUT2D eigenvalue weighted by Crippen LogP contribution is 2.35. The van der Waals surface area contributed by atoms with Crippen molar-refractivity contribution in [2.75, 3.05) is 7.11 Å². The van der Waals surface area contributed by atoms with Crippen molar-refractivity contribution in [3.8, 4) is 0 Å². The van der Waals surface area contributed by atoms with Gasteiger partial charge in [0, 0.05) is 24.7 Å². The van der Waals surface area contributed by atoms with Gasteiger partial charge in [0.2, 0.25) is 0 Å². The predicted molar refractivity (Wildman–Crippen MR) is 54.4 cm³/mol. The fourth-order valence-electron chi connectivity index (χ4n) is 1.57. The number of rotatable bonds is 3. The third kappa shape index (κ3) is 2.02. The lowest BCUT2D eigenvalue weighted by atomic mass is 10.1. The quantitative estimate of drug-likeness (QED) is 0.724. The van der Waals surface area contributed by atoms with Crippen molar-refractivity contribution in [1.82, 2.24) is 9.78 Å². The van der Waals surface area contributed by atoms with E-state index in [2.05, 4.69) is 9.84 Å². The Morgan fingerprint density at radius 1 is 1.73 bits per heavy atom. The van der Waals surface area contributed by atoms with Gasteiger partial charge in [-0.15, -0.1) is 0 Å². The van der Waals surface area contributed by atoms with Crippen molar-refractivity contribution >= 4 is 5.97 Å². The monoisotopic (exact) mass is 209 g/mol. The van der Waals surface area contributed by atoms with Crippen molar-refractivity contribution in [2.45, 2.75) is 24.8 Å². The summed E-state index contributed by atoms with van der Waals surface area (Å²) in [7, 11) is 3.16. The Bertz CT molecular complexity index is 393. The number of carbonyl (C=O) groups excluding carboxylic acids is 1. The standard InChI is InChI=1S/C10H15N3O2/c1-13-7(6-10(11)3-4-10)5-8(12-13)9(14)15-2/h5H,3-4,6,11H2,1-2H3. The summed E-state index contributed by atoms with van der Waals surface area (Å²) in [6.07, 6.45) is 2.87. The first-order valence-corrected chi connectivity index (χ1v) is 4.94. The first kappa shape index (κ1) is 10.2. The van der Waals surface area contributed by atoms with Crippen LogP contribution in [0.25, 0.3) is 0 Å². The van der Waals surface area contributed by atoms with Gasteiger partial charge in [0.25, 0.3) is 0 Å². The van der Waals surface area contributed by atoms with Gasteiger partial charge in [-0.1, -0.05) is 0 Å². The van der Waals surface area contributed by atoms with E-state index in [-0.39, 0.29) is 5.54 Å². The first-order chi connectivity index (χ1) is 7.04. The number of nitrogens with zero attached hydrogens (tertiary/aromatic N) is 2. The Balaban J connectivity index is 2.17. The summed E-state index contributed by atoms with van der Waals surface area (Å²) in [5, 5.41) is 4.08. The molecule has 1 aliphatic rings. The zero-order valence-electron chi connectivity index (χ0n) is 8.99. The fraction of sp³-hybridized carbons (Fsp3) is 0.600. The highest BCUT2D eigenvalue weighted by Gasteiger charge is 2.39. The van der Waals surface area contributed by atoms with Crippen molar-refractivity contribution in [1.29, 1.82) is 0 Å². The number of methoxy groups -OCH3 is 1. The molecule has 82 valence electrons. The van der Waals surface area contributed by atoms with Crippen LogP contribution >= 0.6 is 0 Å². The topological polar surface area (TPSA) is 70.1 Å². The van der Waals surface area contributed by atoms with Crippen molar-refractivity contribution < 1.29 is 9.53 Å². The lowest BCUT2D eigenvalue weighted by molar-refractivity contribution is 0.0593. The summed E-state index contributed by atoms with van der Waals surface area (Å²) in [5.74, 6) is -0.404. The van der Waals surface area contributed by atoms with Gasteiger partial charge in [-0.2, -0.15) is 5.10 Å². The SMILES string of the molecule is COC(=O)c1cc(CC2(N)CC2)n(C)n1. The zero-order valence-corrected chi connectivity index (χ0v) is 8.99. The van der Waals surface area contributed by atoms with Crippen molar-refractivity contribution in [3.63, 3.8) is 0 Å². The number of aromatic nitrogens is 2. The number of hydrogen-bond acceptors (Lipinski definition) is 4. The lowest BCUT2D eigenvalue weighted by Gasteiger charge is -2.07. The molecule has 0 amide bonds. The van der Waals surface area contributed by atoms with Crippen molar-refractivity contribution in [3.05, 3.63) is 17.5 Å². The van der Waals surface area contributed by atoms with Gasteiger partial charge in [0.1, 0.15) is 0 Å². The van der Waals surface area contributed by atoms with E-state index in [1.165, 1.54) is 7.11 Å². The van der Waals surface area contributed by atoms with Crippen LogP contribution in [0.2, 0.25) is 0 Å². The van der Waals surface area contributed by atoms with E-state index in [0.717, 1.165) is 25.0 Å². The number of carbonyl (C=O) groups is 1. The molecule has 2 N–H and O–H groups in total. The average Bonchev–Trinajstić information content (AvgIpc) is 2.81. The van der Waals surface area contributed by atoms with Crippen LogP contribution in [-0.4, -0.2) is 28.4 Å². The van der Waals surface area contributed by atoms with E-state index < -0.39 is 5.97 Å². The highest BCUT2D eigenvalue weighted by atomic mass is 16.5. The second kappa shape index (κ2) is 3.34. The second-order valence-electron chi connectivity index (χ2n) is 4.18. The molecule has 2 rings (SSSR count). The summed E-state index contributed by atoms with van der Waals surface area (Å²) in [4.78, 5) is 11.2. The molecule has 0 bridgehead atoms. The minimum Gasteiger partial charge on any atom is -0.464 e. The summed E-state index contributed by atoms with van der Waals surface area (Å²) in [6, 6.07) is 1.75. The fourth-order valence-corrected chi connectivity index (χ4v) is 1.57. The summed E-state index contributed by atoms with van der Waals surface area (Å²) < 4.78 is 6.30. The van der Waals surface area contributed by atoms with E-state index in [1.807, 2.05) is 7.05 Å². The van der Waals surface area contributed by atoms with Crippen LogP contribution in [0.5, 0.6) is 0 Å². The van der Waals surface area contributed by atoms with E-state index in [1.54, 1.807) is 10.7 Å². The molecule has 1 aliphatic carbocycles. The van der Waals surface area contributed by atoms with Crippen LogP contribution in [-0.2, 0) is 18.2 Å². The smallest absolute Gasteiger partial charge is 0.358 e. The molecule has 0 unspecified atom stereocenters. The number of esters is 1. The molecule has 5 heteroatoms. The van der Waals surface area contributed by atoms with Gasteiger partial charge < -0.3 is 10.5 Å². The van der Waals surface area contributed by atoms with E-state index in [4.69, 9.17) is 5.73 Å². The Labute approximate surface area is 88.2 Å². The van der Waals surface area contributed by atoms with Crippen LogP contribution in [0.1, 0.15) is 29.0 Å². The molecule has 15 heavy (non-hydrogen) atoms. The normalized spacial score (nSPS) is 17.5. The molecule has 1 aromatic rings. The minimum atomic E-state index is -0.404. The van der Waals surface area contributed by atoms with Gasteiger partial charge in [0.15, 0.2) is 5.69 Å². The number of ether oxygens (including phenoxy) is 1. The summed E-state index contributed by atoms with van der Waals surface area (Å²) >= 11 is 0. The third-order valence-electron chi connectivity index (χ3n) is 2.80. The van der Waals surface area contributed by atoms with Gasteiger partial charge in [-0.3, -0.25) is 4.68 Å². The lowest BCUT2D eigenvalue weighted by Crippen LogP contribution is -2.25. The molecule has 0 spiro atoms. The zero-order chi connectivity index (χ0) is 11.1. The highest BCUT2D eigenvalue weighted by molar-refractivity contribution is 5.87. The van der Waals surface area contributed by atoms with Gasteiger partial charge >= 0.3 is 5.97 Å². The molecule has 1 fully saturated rings. The van der Waals surface area contributed by atoms with Crippen molar-refractivity contribution in [2.24, 2.45) is 12.8 Å². The Morgan fingerprint density at radius 2 is 2.40 bits per heavy atom. The van der Waals surface area contributed by atoms with E-state index in [0.29, 0.717) is 5.69 Å². The molecule has 0 radical (unpaired) electrons. The van der Waals surface area contributed by atoms with Crippen LogP contribution in [0, 0.1) is 0 Å². The molecule has 1 aromatic heterocycles. The first-order valence-electron chi connectivity index (χ1n) is 4.94. The maximum Gasteiger partial charge on any atom is 0.358 e. The van der Waals surface area contributed by atoms with Gasteiger partial charge in [-0.05, 0) is 18.9 Å². The summed E-state index contributed by atoms with van der Waals surface area (Å²) in [6.45, 7) is 0. The number of hydrogen-bond donors (Lipinski definition) is 1. The summed E-state index contributed by atoms with van der Waals surface area (Å²) in [5.41, 5.74) is 7.27. The molecule has 1 heterocycles. The van der Waals surface area contributed by atoms with Gasteiger partial charge in [0.05, 0.1) is 7.11 Å². The molecule has 0 aromatic carbocycles. The maximum atomic E-state index is 11.2. The molecule has 5 nitrogen and oxygen atoms in total. The Kier molecular flexibility index (Phi) is 2.26. The molecule has 0 aliphatic heterocycles. The van der Waals surface area contributed by atoms with Crippen LogP contribution in [0.4, 0.5) is 0 Å². The molecular formula is C10H15N3O2. The van der Waals surface area contributed by atoms with E-state index >= 15 is 0 Å².